The van der Waals surface area contributed by atoms with Gasteiger partial charge >= 0.3 is 0 Å². The van der Waals surface area contributed by atoms with Crippen LogP contribution in [0, 0.1) is 0 Å². The van der Waals surface area contributed by atoms with Crippen molar-refractivity contribution in [3.8, 4) is 11.5 Å². The molecule has 1 aromatic heterocycles. The van der Waals surface area contributed by atoms with E-state index in [2.05, 4.69) is 10.1 Å². The third-order valence-electron chi connectivity index (χ3n) is 3.43. The molecule has 2 aromatic rings. The molecule has 1 amide bonds. The van der Waals surface area contributed by atoms with E-state index in [-0.39, 0.29) is 5.91 Å². The summed E-state index contributed by atoms with van der Waals surface area (Å²) in [5.74, 6) is 1.27. The van der Waals surface area contributed by atoms with E-state index in [1.54, 1.807) is 33.1 Å². The summed E-state index contributed by atoms with van der Waals surface area (Å²) in [6, 6.07) is 5.20. The van der Waals surface area contributed by atoms with Gasteiger partial charge in [0.2, 0.25) is 5.91 Å². The molecule has 0 N–H and O–H groups in total. The number of hydrogen-bond acceptors (Lipinski definition) is 5. The minimum atomic E-state index is -0.396. The van der Waals surface area contributed by atoms with Gasteiger partial charge in [-0.15, -0.1) is 0 Å². The van der Waals surface area contributed by atoms with E-state index >= 15 is 0 Å². The van der Waals surface area contributed by atoms with E-state index in [4.69, 9.17) is 9.47 Å². The third kappa shape index (κ3) is 3.36. The van der Waals surface area contributed by atoms with Gasteiger partial charge in [-0.25, -0.2) is 9.67 Å². The van der Waals surface area contributed by atoms with E-state index in [0.29, 0.717) is 18.0 Å². The zero-order chi connectivity index (χ0) is 16.1. The Morgan fingerprint density at radius 1 is 1.32 bits per heavy atom. The summed E-state index contributed by atoms with van der Waals surface area (Å²) in [5, 5.41) is 4.00. The van der Waals surface area contributed by atoms with Crippen LogP contribution >= 0.6 is 0 Å². The first kappa shape index (κ1) is 15.8. The number of hydrogen-bond donors (Lipinski definition) is 0. The number of rotatable bonds is 6. The van der Waals surface area contributed by atoms with E-state index in [0.717, 1.165) is 5.56 Å². The molecule has 0 fully saturated rings. The second-order valence-electron chi connectivity index (χ2n) is 4.94. The number of carbonyl (C=O) groups excluding carboxylic acids is 1. The predicted molar refractivity (Wildman–Crippen MR) is 80.8 cm³/mol. The molecular weight excluding hydrogens is 284 g/mol. The van der Waals surface area contributed by atoms with Crippen LogP contribution < -0.4 is 9.47 Å². The fourth-order valence-corrected chi connectivity index (χ4v) is 2.18. The molecule has 0 saturated heterocycles. The summed E-state index contributed by atoms with van der Waals surface area (Å²) in [7, 11) is 4.93. The molecule has 1 aromatic carbocycles. The van der Waals surface area contributed by atoms with Gasteiger partial charge in [0, 0.05) is 13.6 Å². The maximum Gasteiger partial charge on any atom is 0.247 e. The van der Waals surface area contributed by atoms with Gasteiger partial charge in [0.15, 0.2) is 11.5 Å². The van der Waals surface area contributed by atoms with Crippen molar-refractivity contribution >= 4 is 5.91 Å². The lowest BCUT2D eigenvalue weighted by Crippen LogP contribution is -2.33. The lowest BCUT2D eigenvalue weighted by atomic mass is 10.1. The van der Waals surface area contributed by atoms with Crippen molar-refractivity contribution in [3.05, 3.63) is 36.4 Å². The number of ether oxygens (including phenoxy) is 2. The highest BCUT2D eigenvalue weighted by Crippen LogP contribution is 2.28. The highest BCUT2D eigenvalue weighted by Gasteiger charge is 2.20. The quantitative estimate of drug-likeness (QED) is 0.809. The Bertz CT molecular complexity index is 628. The Morgan fingerprint density at radius 3 is 2.64 bits per heavy atom. The van der Waals surface area contributed by atoms with Gasteiger partial charge in [0.05, 0.1) is 14.2 Å². The monoisotopic (exact) mass is 304 g/mol. The molecule has 7 nitrogen and oxygen atoms in total. The van der Waals surface area contributed by atoms with Crippen molar-refractivity contribution in [3.63, 3.8) is 0 Å². The SMILES string of the molecule is COc1ccc(CN(C)C(=O)[C@H](C)n2cncn2)cc1OC. The van der Waals surface area contributed by atoms with Crippen LogP contribution in [0.25, 0.3) is 0 Å². The summed E-state index contributed by atoms with van der Waals surface area (Å²) >= 11 is 0. The summed E-state index contributed by atoms with van der Waals surface area (Å²) < 4.78 is 12.0. The number of carbonyl (C=O) groups is 1. The summed E-state index contributed by atoms with van der Waals surface area (Å²) in [4.78, 5) is 17.9. The molecule has 0 aliphatic heterocycles. The molecule has 0 spiro atoms. The number of methoxy groups -OCH3 is 2. The van der Waals surface area contributed by atoms with Gasteiger partial charge in [-0.3, -0.25) is 4.79 Å². The fraction of sp³-hybridized carbons (Fsp3) is 0.400. The Morgan fingerprint density at radius 2 is 2.05 bits per heavy atom. The molecule has 0 aliphatic rings. The van der Waals surface area contributed by atoms with E-state index in [1.807, 2.05) is 18.2 Å². The van der Waals surface area contributed by atoms with Crippen molar-refractivity contribution in [1.29, 1.82) is 0 Å². The number of likely N-dealkylation sites (N-methyl/N-ethyl adjacent to an activating group) is 1. The molecular formula is C15H20N4O3. The smallest absolute Gasteiger partial charge is 0.247 e. The third-order valence-corrected chi connectivity index (χ3v) is 3.43. The van der Waals surface area contributed by atoms with Crippen LogP contribution in [0.15, 0.2) is 30.9 Å². The fourth-order valence-electron chi connectivity index (χ4n) is 2.18. The molecule has 0 bridgehead atoms. The Hall–Kier alpha value is -2.57. The van der Waals surface area contributed by atoms with Gasteiger partial charge in [-0.2, -0.15) is 5.10 Å². The van der Waals surface area contributed by atoms with Gasteiger partial charge in [0.1, 0.15) is 18.7 Å². The normalized spacial score (nSPS) is 11.8. The van der Waals surface area contributed by atoms with Crippen LogP contribution in [-0.2, 0) is 11.3 Å². The van der Waals surface area contributed by atoms with Crippen molar-refractivity contribution in [2.45, 2.75) is 19.5 Å². The second kappa shape index (κ2) is 6.93. The average Bonchev–Trinajstić information content (AvgIpc) is 3.07. The summed E-state index contributed by atoms with van der Waals surface area (Å²) in [5.41, 5.74) is 0.958. The number of benzene rings is 1. The van der Waals surface area contributed by atoms with Crippen LogP contribution in [0.4, 0.5) is 0 Å². The molecule has 22 heavy (non-hydrogen) atoms. The zero-order valence-electron chi connectivity index (χ0n) is 13.2. The standard InChI is InChI=1S/C15H20N4O3/c1-11(19-10-16-9-17-19)15(20)18(2)8-12-5-6-13(21-3)14(7-12)22-4/h5-7,9-11H,8H2,1-4H3/t11-/m0/s1. The first-order chi connectivity index (χ1) is 10.6. The molecule has 1 heterocycles. The Kier molecular flexibility index (Phi) is 4.98. The maximum atomic E-state index is 12.4. The van der Waals surface area contributed by atoms with Crippen LogP contribution in [0.3, 0.4) is 0 Å². The molecule has 0 saturated carbocycles. The largest absolute Gasteiger partial charge is 0.493 e. The molecule has 118 valence electrons. The molecule has 7 heteroatoms. The van der Waals surface area contributed by atoms with Crippen molar-refractivity contribution in [2.75, 3.05) is 21.3 Å². The molecule has 0 unspecified atom stereocenters. The summed E-state index contributed by atoms with van der Waals surface area (Å²) in [6.07, 6.45) is 2.95. The minimum Gasteiger partial charge on any atom is -0.493 e. The average molecular weight is 304 g/mol. The van der Waals surface area contributed by atoms with Gasteiger partial charge in [-0.05, 0) is 24.6 Å². The van der Waals surface area contributed by atoms with Gasteiger partial charge < -0.3 is 14.4 Å². The Labute approximate surface area is 129 Å². The van der Waals surface area contributed by atoms with Crippen molar-refractivity contribution in [1.82, 2.24) is 19.7 Å². The van der Waals surface area contributed by atoms with Gasteiger partial charge in [-0.1, -0.05) is 6.07 Å². The number of aromatic nitrogens is 3. The lowest BCUT2D eigenvalue weighted by Gasteiger charge is -2.22. The van der Waals surface area contributed by atoms with E-state index < -0.39 is 6.04 Å². The van der Waals surface area contributed by atoms with Crippen LogP contribution in [0.1, 0.15) is 18.5 Å². The van der Waals surface area contributed by atoms with Crippen LogP contribution in [0.5, 0.6) is 11.5 Å². The molecule has 2 rings (SSSR count). The van der Waals surface area contributed by atoms with Crippen LogP contribution in [-0.4, -0.2) is 46.8 Å². The van der Waals surface area contributed by atoms with Crippen molar-refractivity contribution < 1.29 is 14.3 Å². The topological polar surface area (TPSA) is 69.5 Å². The number of nitrogens with zero attached hydrogens (tertiary/aromatic N) is 4. The lowest BCUT2D eigenvalue weighted by molar-refractivity contribution is -0.133. The predicted octanol–water partition coefficient (Wildman–Crippen LogP) is 1.51. The minimum absolute atomic E-state index is 0.0414. The highest BCUT2D eigenvalue weighted by atomic mass is 16.5. The highest BCUT2D eigenvalue weighted by molar-refractivity contribution is 5.79. The maximum absolute atomic E-state index is 12.4. The van der Waals surface area contributed by atoms with E-state index in [1.165, 1.54) is 17.3 Å². The Balaban J connectivity index is 2.08. The first-order valence-corrected chi connectivity index (χ1v) is 6.86. The summed E-state index contributed by atoms with van der Waals surface area (Å²) in [6.45, 7) is 2.26. The first-order valence-electron chi connectivity index (χ1n) is 6.86. The van der Waals surface area contributed by atoms with Crippen molar-refractivity contribution in [2.24, 2.45) is 0 Å². The molecule has 1 atom stereocenters. The van der Waals surface area contributed by atoms with Gasteiger partial charge in [0.25, 0.3) is 0 Å². The number of amides is 1. The van der Waals surface area contributed by atoms with Crippen LogP contribution in [0.2, 0.25) is 0 Å². The molecule has 0 radical (unpaired) electrons. The molecule has 0 aliphatic carbocycles. The second-order valence-corrected chi connectivity index (χ2v) is 4.94. The van der Waals surface area contributed by atoms with E-state index in [9.17, 15) is 4.79 Å². The zero-order valence-corrected chi connectivity index (χ0v) is 13.2.